The molecule has 0 atom stereocenters. The molecule has 11 nitrogen and oxygen atoms in total. The Morgan fingerprint density at radius 1 is 0.947 bits per heavy atom. The molecule has 0 fully saturated rings. The second kappa shape index (κ2) is 5.12. The van der Waals surface area contributed by atoms with Gasteiger partial charge in [-0.1, -0.05) is 0 Å². The average Bonchev–Trinajstić information content (AvgIpc) is 2.79. The van der Waals surface area contributed by atoms with Crippen molar-refractivity contribution in [1.82, 2.24) is 20.3 Å². The lowest BCUT2D eigenvalue weighted by molar-refractivity contribution is -0.139. The first-order valence-electron chi connectivity index (χ1n) is 4.93. The minimum atomic E-state index is -0.599. The summed E-state index contributed by atoms with van der Waals surface area (Å²) in [6.07, 6.45) is 0. The van der Waals surface area contributed by atoms with Gasteiger partial charge in [0.05, 0.1) is 0 Å². The molecule has 0 saturated carbocycles. The summed E-state index contributed by atoms with van der Waals surface area (Å²) in [6.45, 7) is 2.38. The maximum Gasteiger partial charge on any atom is 0.329 e. The van der Waals surface area contributed by atoms with E-state index in [1.54, 1.807) is 0 Å². The molecule has 100 valence electrons. The Hall–Kier alpha value is -2.98. The Morgan fingerprint density at radius 3 is 1.74 bits per heavy atom. The third kappa shape index (κ3) is 3.02. The first kappa shape index (κ1) is 12.5. The van der Waals surface area contributed by atoms with Crippen molar-refractivity contribution in [3.8, 4) is 0 Å². The van der Waals surface area contributed by atoms with Crippen LogP contribution in [-0.4, -0.2) is 32.2 Å². The topological polar surface area (TPSA) is 141 Å². The fourth-order valence-corrected chi connectivity index (χ4v) is 1.02. The number of anilines is 2. The van der Waals surface area contributed by atoms with Crippen molar-refractivity contribution < 1.29 is 23.9 Å². The molecule has 0 aliphatic carbocycles. The fourth-order valence-electron chi connectivity index (χ4n) is 1.02. The summed E-state index contributed by atoms with van der Waals surface area (Å²) in [5.41, 5.74) is 4.64. The highest BCUT2D eigenvalue weighted by molar-refractivity contribution is 5.75. The van der Waals surface area contributed by atoms with E-state index in [9.17, 15) is 9.59 Å². The maximum absolute atomic E-state index is 10.7. The highest BCUT2D eigenvalue weighted by Crippen LogP contribution is 2.19. The van der Waals surface area contributed by atoms with Gasteiger partial charge in [-0.2, -0.15) is 20.9 Å². The van der Waals surface area contributed by atoms with E-state index in [-0.39, 0.29) is 22.9 Å². The van der Waals surface area contributed by atoms with Gasteiger partial charge in [0.1, 0.15) is 0 Å². The van der Waals surface area contributed by atoms with Gasteiger partial charge in [0.15, 0.2) is 0 Å². The number of fused-ring (bicyclic) bond motifs is 1. The summed E-state index contributed by atoms with van der Waals surface area (Å²) in [7, 11) is 0. The van der Waals surface area contributed by atoms with Crippen molar-refractivity contribution in [2.45, 2.75) is 13.8 Å². The molecule has 2 N–H and O–H groups in total. The van der Waals surface area contributed by atoms with E-state index < -0.39 is 11.9 Å². The van der Waals surface area contributed by atoms with E-state index in [0.717, 1.165) is 0 Å². The highest BCUT2D eigenvalue weighted by atomic mass is 16.7. The minimum Gasteiger partial charge on any atom is -0.342 e. The van der Waals surface area contributed by atoms with Gasteiger partial charge in [0.2, 0.25) is 22.9 Å². The lowest BCUT2D eigenvalue weighted by atomic mass is 10.5. The lowest BCUT2D eigenvalue weighted by Crippen LogP contribution is -2.14. The SMILES string of the molecule is CC(=O)ONc1nc2nonc2nc1NOC(C)=O. The summed E-state index contributed by atoms with van der Waals surface area (Å²) in [4.78, 5) is 38.4. The number of hydrogen-bond acceptors (Lipinski definition) is 11. The molecule has 0 aromatic carbocycles. The van der Waals surface area contributed by atoms with E-state index in [1.165, 1.54) is 13.8 Å². The number of nitrogens with one attached hydrogen (secondary N) is 2. The number of hydrogen-bond donors (Lipinski definition) is 2. The zero-order chi connectivity index (χ0) is 13.8. The Kier molecular flexibility index (Phi) is 3.36. The fraction of sp³-hybridized carbons (Fsp3) is 0.250. The molecule has 0 aliphatic rings. The predicted octanol–water partition coefficient (Wildman–Crippen LogP) is -0.207. The molecule has 0 saturated heterocycles. The molecule has 0 unspecified atom stereocenters. The van der Waals surface area contributed by atoms with E-state index in [2.05, 4.69) is 45.5 Å². The molecular formula is C8H8N6O5. The van der Waals surface area contributed by atoms with E-state index in [4.69, 9.17) is 0 Å². The Labute approximate surface area is 105 Å². The van der Waals surface area contributed by atoms with Crippen LogP contribution in [0.4, 0.5) is 11.6 Å². The molecule has 0 aliphatic heterocycles. The van der Waals surface area contributed by atoms with Crippen molar-refractivity contribution >= 4 is 34.9 Å². The van der Waals surface area contributed by atoms with Gasteiger partial charge in [0, 0.05) is 13.8 Å². The van der Waals surface area contributed by atoms with Crippen LogP contribution >= 0.6 is 0 Å². The summed E-state index contributed by atoms with van der Waals surface area (Å²) < 4.78 is 4.43. The second-order valence-electron chi connectivity index (χ2n) is 3.22. The number of rotatable bonds is 4. The van der Waals surface area contributed by atoms with Crippen molar-refractivity contribution in [2.24, 2.45) is 0 Å². The van der Waals surface area contributed by atoms with Gasteiger partial charge in [-0.25, -0.2) is 4.63 Å². The van der Waals surface area contributed by atoms with Gasteiger partial charge < -0.3 is 9.68 Å². The molecule has 2 heterocycles. The largest absolute Gasteiger partial charge is 0.342 e. The quantitative estimate of drug-likeness (QED) is 0.711. The molecule has 0 radical (unpaired) electrons. The number of aromatic nitrogens is 4. The van der Waals surface area contributed by atoms with Crippen LogP contribution in [0.1, 0.15) is 13.8 Å². The third-order valence-electron chi connectivity index (χ3n) is 1.70. The minimum absolute atomic E-state index is 0.0281. The summed E-state index contributed by atoms with van der Waals surface area (Å²) in [6, 6.07) is 0. The van der Waals surface area contributed by atoms with Gasteiger partial charge in [-0.15, -0.1) is 0 Å². The maximum atomic E-state index is 10.7. The van der Waals surface area contributed by atoms with Crippen LogP contribution in [0.25, 0.3) is 11.3 Å². The molecule has 0 spiro atoms. The molecular weight excluding hydrogens is 260 g/mol. The van der Waals surface area contributed by atoms with Crippen molar-refractivity contribution in [1.29, 1.82) is 0 Å². The number of nitrogens with zero attached hydrogens (tertiary/aromatic N) is 4. The first-order valence-corrected chi connectivity index (χ1v) is 4.93. The van der Waals surface area contributed by atoms with Crippen LogP contribution < -0.4 is 11.0 Å². The average molecular weight is 268 g/mol. The van der Waals surface area contributed by atoms with Gasteiger partial charge in [0.25, 0.3) is 0 Å². The predicted molar refractivity (Wildman–Crippen MR) is 58.2 cm³/mol. The van der Waals surface area contributed by atoms with E-state index >= 15 is 0 Å². The van der Waals surface area contributed by atoms with Crippen molar-refractivity contribution in [2.75, 3.05) is 11.0 Å². The molecule has 2 aromatic heterocycles. The van der Waals surface area contributed by atoms with Crippen LogP contribution in [0.2, 0.25) is 0 Å². The lowest BCUT2D eigenvalue weighted by Gasteiger charge is -2.09. The van der Waals surface area contributed by atoms with E-state index in [0.29, 0.717) is 0 Å². The Bertz CT molecular complexity index is 573. The molecule has 0 amide bonds. The Balaban J connectivity index is 2.29. The summed E-state index contributed by atoms with van der Waals surface area (Å²) in [5.74, 6) is -1.25. The zero-order valence-electron chi connectivity index (χ0n) is 9.83. The standard InChI is InChI=1S/C8H8N6O5/c1-3(15)17-11-5-6(12-18-4(2)16)10-8-7(9-5)13-19-14-8/h1-2H3,(H,9,11,13)(H,10,12,14). The summed E-state index contributed by atoms with van der Waals surface area (Å²) >= 11 is 0. The van der Waals surface area contributed by atoms with Crippen LogP contribution in [0.15, 0.2) is 4.63 Å². The number of carbonyl (C=O) groups is 2. The first-order chi connectivity index (χ1) is 9.06. The molecule has 0 bridgehead atoms. The van der Waals surface area contributed by atoms with Crippen LogP contribution in [0.5, 0.6) is 0 Å². The smallest absolute Gasteiger partial charge is 0.329 e. The van der Waals surface area contributed by atoms with E-state index in [1.807, 2.05) is 0 Å². The van der Waals surface area contributed by atoms with Crippen molar-refractivity contribution in [3.63, 3.8) is 0 Å². The molecule has 11 heteroatoms. The molecule has 19 heavy (non-hydrogen) atoms. The second-order valence-corrected chi connectivity index (χ2v) is 3.22. The zero-order valence-corrected chi connectivity index (χ0v) is 9.83. The normalized spacial score (nSPS) is 10.0. The van der Waals surface area contributed by atoms with Gasteiger partial charge >= 0.3 is 11.9 Å². The van der Waals surface area contributed by atoms with Crippen LogP contribution in [0.3, 0.4) is 0 Å². The van der Waals surface area contributed by atoms with Crippen LogP contribution in [-0.2, 0) is 19.3 Å². The van der Waals surface area contributed by atoms with Gasteiger partial charge in [-0.3, -0.25) is 9.59 Å². The van der Waals surface area contributed by atoms with Crippen molar-refractivity contribution in [3.05, 3.63) is 0 Å². The highest BCUT2D eigenvalue weighted by Gasteiger charge is 2.14. The Morgan fingerprint density at radius 2 is 1.37 bits per heavy atom. The molecule has 2 rings (SSSR count). The third-order valence-corrected chi connectivity index (χ3v) is 1.70. The molecule has 2 aromatic rings. The van der Waals surface area contributed by atoms with Crippen LogP contribution in [0, 0.1) is 0 Å². The number of carbonyl (C=O) groups excluding carboxylic acids is 2. The van der Waals surface area contributed by atoms with Gasteiger partial charge in [-0.05, 0) is 10.3 Å². The summed E-state index contributed by atoms with van der Waals surface area (Å²) in [5, 5.41) is 6.93. The monoisotopic (exact) mass is 268 g/mol.